The highest BCUT2D eigenvalue weighted by Gasteiger charge is 2.32. The minimum Gasteiger partial charge on any atom is -0.466 e. The molecule has 27 heavy (non-hydrogen) atoms. The van der Waals surface area contributed by atoms with Gasteiger partial charge in [0.05, 0.1) is 33.0 Å². The summed E-state index contributed by atoms with van der Waals surface area (Å²) in [6.07, 6.45) is -4.39. The number of hydrogen-bond acceptors (Lipinski definition) is 7. The normalized spacial score (nSPS) is 14.9. The number of halogens is 3. The smallest absolute Gasteiger partial charge is 0.411 e. The predicted molar refractivity (Wildman–Crippen MR) is 86.5 cm³/mol. The molecule has 1 aliphatic rings. The van der Waals surface area contributed by atoms with Crippen molar-refractivity contribution in [3.05, 3.63) is 41.1 Å². The Kier molecular flexibility index (Phi) is 6.81. The summed E-state index contributed by atoms with van der Waals surface area (Å²) in [6, 6.07) is 6.23. The van der Waals surface area contributed by atoms with E-state index in [-0.39, 0.29) is 31.2 Å². The molecule has 1 heterocycles. The van der Waals surface area contributed by atoms with Crippen molar-refractivity contribution in [1.82, 2.24) is 0 Å². The highest BCUT2D eigenvalue weighted by Crippen LogP contribution is 2.27. The standard InChI is InChI=1S/C17H18F3NO6/c1-24-15(22)13-8-27-10-21(14(13)16(23)25-2)12-5-3-11(4-6-12)7-26-9-17(18,19)20/h3-6H,7-10H2,1-2H3. The fourth-order valence-corrected chi connectivity index (χ4v) is 2.40. The van der Waals surface area contributed by atoms with Crippen LogP contribution in [0.2, 0.25) is 0 Å². The molecule has 7 nitrogen and oxygen atoms in total. The molecule has 0 fully saturated rings. The van der Waals surface area contributed by atoms with Crippen LogP contribution in [0, 0.1) is 0 Å². The Balaban J connectivity index is 2.22. The van der Waals surface area contributed by atoms with Gasteiger partial charge in [0.25, 0.3) is 0 Å². The Morgan fingerprint density at radius 3 is 2.30 bits per heavy atom. The molecule has 1 aromatic carbocycles. The topological polar surface area (TPSA) is 74.3 Å². The fraction of sp³-hybridized carbons (Fsp3) is 0.412. The summed E-state index contributed by atoms with van der Waals surface area (Å²) in [7, 11) is 2.36. The van der Waals surface area contributed by atoms with Gasteiger partial charge < -0.3 is 23.8 Å². The van der Waals surface area contributed by atoms with Gasteiger partial charge in [0.1, 0.15) is 19.0 Å². The van der Waals surface area contributed by atoms with Crippen LogP contribution in [0.25, 0.3) is 0 Å². The number of rotatable bonds is 6. The molecule has 0 N–H and O–H groups in total. The maximum absolute atomic E-state index is 12.2. The van der Waals surface area contributed by atoms with E-state index in [9.17, 15) is 22.8 Å². The molecule has 0 spiro atoms. The lowest BCUT2D eigenvalue weighted by Crippen LogP contribution is -2.38. The molecule has 10 heteroatoms. The maximum atomic E-state index is 12.2. The third-order valence-corrected chi connectivity index (χ3v) is 3.62. The Bertz CT molecular complexity index is 714. The van der Waals surface area contributed by atoms with Gasteiger partial charge in [0.2, 0.25) is 0 Å². The van der Waals surface area contributed by atoms with E-state index in [0.717, 1.165) is 0 Å². The van der Waals surface area contributed by atoms with Crippen molar-refractivity contribution in [2.24, 2.45) is 0 Å². The van der Waals surface area contributed by atoms with Crippen LogP contribution in [-0.2, 0) is 35.1 Å². The molecular weight excluding hydrogens is 371 g/mol. The van der Waals surface area contributed by atoms with E-state index in [1.54, 1.807) is 24.3 Å². The van der Waals surface area contributed by atoms with Crippen LogP contribution in [0.3, 0.4) is 0 Å². The van der Waals surface area contributed by atoms with Crippen molar-refractivity contribution in [2.45, 2.75) is 12.8 Å². The van der Waals surface area contributed by atoms with Crippen molar-refractivity contribution in [3.63, 3.8) is 0 Å². The number of benzene rings is 1. The summed E-state index contributed by atoms with van der Waals surface area (Å²) < 4.78 is 55.7. The summed E-state index contributed by atoms with van der Waals surface area (Å²) in [6.45, 7) is -1.69. The van der Waals surface area contributed by atoms with Crippen LogP contribution >= 0.6 is 0 Å². The lowest BCUT2D eigenvalue weighted by molar-refractivity contribution is -0.176. The Hall–Kier alpha value is -2.59. The molecule has 0 unspecified atom stereocenters. The lowest BCUT2D eigenvalue weighted by atomic mass is 10.1. The first-order valence-electron chi connectivity index (χ1n) is 7.75. The molecule has 1 aromatic rings. The monoisotopic (exact) mass is 389 g/mol. The van der Waals surface area contributed by atoms with Gasteiger partial charge in [0.15, 0.2) is 0 Å². The summed E-state index contributed by atoms with van der Waals surface area (Å²) >= 11 is 0. The second-order valence-corrected chi connectivity index (χ2v) is 5.49. The van der Waals surface area contributed by atoms with E-state index in [4.69, 9.17) is 9.47 Å². The highest BCUT2D eigenvalue weighted by molar-refractivity contribution is 6.03. The fourth-order valence-electron chi connectivity index (χ4n) is 2.40. The number of alkyl halides is 3. The van der Waals surface area contributed by atoms with Crippen molar-refractivity contribution < 1.29 is 41.7 Å². The quantitative estimate of drug-likeness (QED) is 0.691. The van der Waals surface area contributed by atoms with Gasteiger partial charge in [-0.1, -0.05) is 12.1 Å². The van der Waals surface area contributed by atoms with E-state index < -0.39 is 24.7 Å². The van der Waals surface area contributed by atoms with Crippen molar-refractivity contribution in [3.8, 4) is 0 Å². The van der Waals surface area contributed by atoms with Gasteiger partial charge in [0, 0.05) is 5.69 Å². The second kappa shape index (κ2) is 8.87. The highest BCUT2D eigenvalue weighted by atomic mass is 19.4. The molecule has 0 saturated carbocycles. The molecule has 0 radical (unpaired) electrons. The Morgan fingerprint density at radius 2 is 1.74 bits per heavy atom. The molecule has 0 aliphatic carbocycles. The Labute approximate surface area is 153 Å². The van der Waals surface area contributed by atoms with Gasteiger partial charge in [-0.25, -0.2) is 9.59 Å². The second-order valence-electron chi connectivity index (χ2n) is 5.49. The third-order valence-electron chi connectivity index (χ3n) is 3.62. The van der Waals surface area contributed by atoms with Gasteiger partial charge >= 0.3 is 18.1 Å². The van der Waals surface area contributed by atoms with E-state index in [1.807, 2.05) is 0 Å². The number of esters is 2. The van der Waals surface area contributed by atoms with Crippen molar-refractivity contribution in [1.29, 1.82) is 0 Å². The van der Waals surface area contributed by atoms with E-state index >= 15 is 0 Å². The van der Waals surface area contributed by atoms with Crippen LogP contribution < -0.4 is 4.90 Å². The number of anilines is 1. The van der Waals surface area contributed by atoms with Gasteiger partial charge in [-0.3, -0.25) is 0 Å². The third kappa shape index (κ3) is 5.44. The molecule has 0 atom stereocenters. The average molecular weight is 389 g/mol. The number of carbonyl (C=O) groups excluding carboxylic acids is 2. The zero-order valence-electron chi connectivity index (χ0n) is 14.7. The molecule has 2 rings (SSSR count). The summed E-state index contributed by atoms with van der Waals surface area (Å²) in [5.74, 6) is -1.46. The number of carbonyl (C=O) groups is 2. The van der Waals surface area contributed by atoms with Crippen molar-refractivity contribution >= 4 is 17.6 Å². The van der Waals surface area contributed by atoms with Crippen LogP contribution in [0.5, 0.6) is 0 Å². The number of nitrogens with zero attached hydrogens (tertiary/aromatic N) is 1. The molecule has 1 aliphatic heterocycles. The molecule has 148 valence electrons. The zero-order valence-corrected chi connectivity index (χ0v) is 14.7. The number of methoxy groups -OCH3 is 2. The van der Waals surface area contributed by atoms with Crippen LogP contribution in [-0.4, -0.2) is 52.3 Å². The molecule has 0 amide bonds. The van der Waals surface area contributed by atoms with Crippen LogP contribution in [0.4, 0.5) is 18.9 Å². The van der Waals surface area contributed by atoms with Gasteiger partial charge in [-0.15, -0.1) is 0 Å². The maximum Gasteiger partial charge on any atom is 0.411 e. The summed E-state index contributed by atoms with van der Waals surface area (Å²) in [4.78, 5) is 25.5. The van der Waals surface area contributed by atoms with E-state index in [2.05, 4.69) is 9.47 Å². The van der Waals surface area contributed by atoms with E-state index in [0.29, 0.717) is 11.3 Å². The van der Waals surface area contributed by atoms with Gasteiger partial charge in [-0.2, -0.15) is 13.2 Å². The van der Waals surface area contributed by atoms with Crippen LogP contribution in [0.1, 0.15) is 5.56 Å². The minimum absolute atomic E-state index is 0.00758. The van der Waals surface area contributed by atoms with Crippen molar-refractivity contribution in [2.75, 3.05) is 39.1 Å². The van der Waals surface area contributed by atoms with E-state index in [1.165, 1.54) is 19.1 Å². The number of hydrogen-bond donors (Lipinski definition) is 0. The first-order valence-corrected chi connectivity index (χ1v) is 7.75. The largest absolute Gasteiger partial charge is 0.466 e. The van der Waals surface area contributed by atoms with Gasteiger partial charge in [-0.05, 0) is 17.7 Å². The predicted octanol–water partition coefficient (Wildman–Crippen LogP) is 2.16. The molecule has 0 saturated heterocycles. The number of ether oxygens (including phenoxy) is 4. The summed E-state index contributed by atoms with van der Waals surface area (Å²) in [5, 5.41) is 0. The lowest BCUT2D eigenvalue weighted by Gasteiger charge is -2.31. The molecular formula is C17H18F3NO6. The first-order chi connectivity index (χ1) is 12.8. The Morgan fingerprint density at radius 1 is 1.11 bits per heavy atom. The average Bonchev–Trinajstić information content (AvgIpc) is 2.65. The molecule has 0 bridgehead atoms. The zero-order chi connectivity index (χ0) is 20.0. The molecule has 0 aromatic heterocycles. The SMILES string of the molecule is COC(=O)C1=C(C(=O)OC)N(c2ccc(COCC(F)(F)F)cc2)COC1. The first kappa shape index (κ1) is 20.7. The summed E-state index contributed by atoms with van der Waals surface area (Å²) in [5.41, 5.74) is 0.985. The van der Waals surface area contributed by atoms with Crippen LogP contribution in [0.15, 0.2) is 35.5 Å². The minimum atomic E-state index is -4.39.